The third kappa shape index (κ3) is 8.01. The van der Waals surface area contributed by atoms with Crippen molar-refractivity contribution in [3.63, 3.8) is 0 Å². The van der Waals surface area contributed by atoms with Gasteiger partial charge in [0.2, 0.25) is 0 Å². The highest BCUT2D eigenvalue weighted by Gasteiger charge is 2.51. The number of ether oxygens (including phenoxy) is 1. The zero-order valence-corrected chi connectivity index (χ0v) is 48.1. The molecule has 0 atom stereocenters. The molecule has 2 aromatic heterocycles. The highest BCUT2D eigenvalue weighted by molar-refractivity contribution is 7.99. The van der Waals surface area contributed by atoms with Crippen molar-refractivity contribution in [1.29, 1.82) is 0 Å². The summed E-state index contributed by atoms with van der Waals surface area (Å²) in [6.07, 6.45) is 0. The topological polar surface area (TPSA) is 25.6 Å². The van der Waals surface area contributed by atoms with Gasteiger partial charge in [-0.2, -0.15) is 0 Å². The molecule has 12 aromatic carbocycles. The molecule has 14 aromatic rings. The van der Waals surface area contributed by atoms with Crippen molar-refractivity contribution >= 4 is 101 Å². The molecular weight excluding hydrogens is 1060 g/mol. The summed E-state index contributed by atoms with van der Waals surface area (Å²) in [6, 6.07) is 103. The maximum absolute atomic E-state index is 6.95. The fourth-order valence-corrected chi connectivity index (χ4v) is 15.4. The summed E-state index contributed by atoms with van der Waals surface area (Å²) in [5, 5.41) is 5.02. The van der Waals surface area contributed by atoms with E-state index in [1.165, 1.54) is 85.4 Å². The van der Waals surface area contributed by atoms with Crippen LogP contribution >= 0.6 is 23.5 Å². The lowest BCUT2D eigenvalue weighted by Gasteiger charge is -2.40. The molecule has 7 heteroatoms. The second-order valence-corrected chi connectivity index (χ2v) is 24.0. The van der Waals surface area contributed by atoms with Crippen molar-refractivity contribution in [3.05, 3.63) is 301 Å². The number of hydrogen-bond acceptors (Lipinski definition) is 5. The van der Waals surface area contributed by atoms with Gasteiger partial charge >= 0.3 is 0 Å². The van der Waals surface area contributed by atoms with Crippen molar-refractivity contribution in [2.45, 2.75) is 51.9 Å². The molecular formula is C77H56N4OS2. The van der Waals surface area contributed by atoms with Gasteiger partial charge in [-0.25, -0.2) is 0 Å². The van der Waals surface area contributed by atoms with Crippen LogP contribution in [-0.4, -0.2) is 9.13 Å². The largest absolute Gasteiger partial charge is 0.457 e. The number of aryl methyl sites for hydroxylation is 2. The maximum atomic E-state index is 6.95. The average Bonchev–Trinajstić information content (AvgIpc) is 1.50. The Balaban J connectivity index is 0.873. The summed E-state index contributed by atoms with van der Waals surface area (Å²) in [7, 11) is 0. The first-order valence-electron chi connectivity index (χ1n) is 29.0. The first-order valence-corrected chi connectivity index (χ1v) is 30.6. The first-order chi connectivity index (χ1) is 41.5. The molecule has 1 spiro atoms. The predicted octanol–water partition coefficient (Wildman–Crippen LogP) is 21.7. The Morgan fingerprint density at radius 3 is 1.07 bits per heavy atom. The SMILES string of the molecule is CCn1c2cc(Sc3ccccc3)ccc2c2ccc(N(c3ccccc3)c3ccc4c(c3)C3(c5ccccc5Oc5ccccc53)c3cc(N(c5ccccc5)c5ccc6c7ccc(Sc8ccccc8)cc7n(CC)c6c5)ccc3-4)cc21. The molecule has 0 radical (unpaired) electrons. The van der Waals surface area contributed by atoms with Crippen LogP contribution in [0.25, 0.3) is 54.7 Å². The highest BCUT2D eigenvalue weighted by atomic mass is 32.2. The van der Waals surface area contributed by atoms with E-state index in [0.717, 1.165) is 69.8 Å². The standard InChI is InChI=1S/C77H56N4OS2/c1-3-78-71-47-55(35-41-63(71)65-43-37-59(49-73(65)78)83-57-25-13-7-14-26-57)80(51-21-9-5-10-22-51)53-33-39-61-62-40-34-54(46-70(62)77(69(61)45-53)67-29-17-19-31-75(67)82-76-32-20-18-30-68(76)77)81(52-23-11-6-12-24-52)56-36-42-64-66-44-38-60(84-58-27-15-8-16-28-58)50-74(66)79(4-2)72(64)48-56/h5-50H,3-4H2,1-2H3. The molecule has 3 heterocycles. The molecule has 16 rings (SSSR count). The lowest BCUT2D eigenvalue weighted by molar-refractivity contribution is 0.436. The second-order valence-electron chi connectivity index (χ2n) is 21.7. The number of benzene rings is 12. The molecule has 84 heavy (non-hydrogen) atoms. The van der Waals surface area contributed by atoms with E-state index in [0.29, 0.717) is 0 Å². The van der Waals surface area contributed by atoms with Crippen molar-refractivity contribution in [3.8, 4) is 22.6 Å². The highest BCUT2D eigenvalue weighted by Crippen LogP contribution is 2.63. The zero-order chi connectivity index (χ0) is 55.9. The third-order valence-electron chi connectivity index (χ3n) is 17.2. The second kappa shape index (κ2) is 20.3. The number of fused-ring (bicyclic) bond motifs is 15. The van der Waals surface area contributed by atoms with Gasteiger partial charge in [-0.15, -0.1) is 0 Å². The van der Waals surface area contributed by atoms with Gasteiger partial charge in [-0.05, 0) is 170 Å². The van der Waals surface area contributed by atoms with Crippen molar-refractivity contribution in [1.82, 2.24) is 9.13 Å². The van der Waals surface area contributed by atoms with Crippen molar-refractivity contribution in [2.75, 3.05) is 9.80 Å². The Morgan fingerprint density at radius 2 is 0.655 bits per heavy atom. The molecule has 0 saturated heterocycles. The number of anilines is 6. The molecule has 5 nitrogen and oxygen atoms in total. The molecule has 2 aliphatic rings. The Hall–Kier alpha value is -9.66. The van der Waals surface area contributed by atoms with Crippen LogP contribution in [0.4, 0.5) is 34.1 Å². The maximum Gasteiger partial charge on any atom is 0.132 e. The van der Waals surface area contributed by atoms with Crippen LogP contribution in [0.1, 0.15) is 36.1 Å². The summed E-state index contributed by atoms with van der Waals surface area (Å²) in [5.41, 5.74) is 17.7. The van der Waals surface area contributed by atoms with Gasteiger partial charge in [-0.1, -0.05) is 169 Å². The Kier molecular flexibility index (Phi) is 12.1. The predicted molar refractivity (Wildman–Crippen MR) is 352 cm³/mol. The fourth-order valence-electron chi connectivity index (χ4n) is 13.7. The lowest BCUT2D eigenvalue weighted by Crippen LogP contribution is -2.32. The minimum atomic E-state index is -0.755. The van der Waals surface area contributed by atoms with Gasteiger partial charge < -0.3 is 23.7 Å². The summed E-state index contributed by atoms with van der Waals surface area (Å²) < 4.78 is 11.9. The van der Waals surface area contributed by atoms with E-state index >= 15 is 0 Å². The number of aromatic nitrogens is 2. The van der Waals surface area contributed by atoms with Gasteiger partial charge in [0.15, 0.2) is 0 Å². The van der Waals surface area contributed by atoms with E-state index < -0.39 is 5.41 Å². The van der Waals surface area contributed by atoms with Crippen LogP contribution in [0, 0.1) is 0 Å². The molecule has 0 amide bonds. The Bertz CT molecular complexity index is 4550. The van der Waals surface area contributed by atoms with Crippen LogP contribution in [0.3, 0.4) is 0 Å². The smallest absolute Gasteiger partial charge is 0.132 e. The van der Waals surface area contributed by atoms with Gasteiger partial charge in [0, 0.05) is 99.5 Å². The van der Waals surface area contributed by atoms with Gasteiger partial charge in [0.25, 0.3) is 0 Å². The van der Waals surface area contributed by atoms with Gasteiger partial charge in [0.1, 0.15) is 11.5 Å². The number of para-hydroxylation sites is 4. The number of hydrogen-bond donors (Lipinski definition) is 0. The van der Waals surface area contributed by atoms with E-state index in [9.17, 15) is 0 Å². The average molecular weight is 1120 g/mol. The molecule has 402 valence electrons. The Morgan fingerprint density at radius 1 is 0.310 bits per heavy atom. The minimum absolute atomic E-state index is 0.755. The van der Waals surface area contributed by atoms with Crippen molar-refractivity contribution < 1.29 is 4.74 Å². The molecule has 0 bridgehead atoms. The van der Waals surface area contributed by atoms with Gasteiger partial charge in [-0.3, -0.25) is 0 Å². The third-order valence-corrected chi connectivity index (χ3v) is 19.2. The monoisotopic (exact) mass is 1120 g/mol. The molecule has 0 N–H and O–H groups in total. The quantitative estimate of drug-likeness (QED) is 0.121. The van der Waals surface area contributed by atoms with E-state index in [-0.39, 0.29) is 0 Å². The molecule has 0 unspecified atom stereocenters. The molecule has 0 saturated carbocycles. The Labute approximate surface area is 497 Å². The molecule has 1 aliphatic carbocycles. The number of rotatable bonds is 12. The fraction of sp³-hybridized carbons (Fsp3) is 0.0649. The number of nitrogens with zero attached hydrogens (tertiary/aromatic N) is 4. The summed E-state index contributed by atoms with van der Waals surface area (Å²) in [6.45, 7) is 6.20. The summed E-state index contributed by atoms with van der Waals surface area (Å²) >= 11 is 3.62. The van der Waals surface area contributed by atoms with E-state index in [4.69, 9.17) is 4.74 Å². The van der Waals surface area contributed by atoms with E-state index in [1.807, 2.05) is 23.5 Å². The summed E-state index contributed by atoms with van der Waals surface area (Å²) in [4.78, 5) is 9.81. The van der Waals surface area contributed by atoms with Crippen LogP contribution in [0.15, 0.2) is 299 Å². The summed E-state index contributed by atoms with van der Waals surface area (Å²) in [5.74, 6) is 1.72. The minimum Gasteiger partial charge on any atom is -0.457 e. The normalized spacial score (nSPS) is 12.8. The van der Waals surface area contributed by atoms with Gasteiger partial charge in [0.05, 0.1) is 27.5 Å². The van der Waals surface area contributed by atoms with E-state index in [2.05, 4.69) is 312 Å². The molecule has 1 aliphatic heterocycles. The van der Waals surface area contributed by atoms with Crippen LogP contribution < -0.4 is 14.5 Å². The van der Waals surface area contributed by atoms with Crippen LogP contribution in [-0.2, 0) is 18.5 Å². The first kappa shape index (κ1) is 50.1. The van der Waals surface area contributed by atoms with Crippen LogP contribution in [0.2, 0.25) is 0 Å². The molecule has 0 fully saturated rings. The van der Waals surface area contributed by atoms with E-state index in [1.54, 1.807) is 0 Å². The van der Waals surface area contributed by atoms with Crippen molar-refractivity contribution in [2.24, 2.45) is 0 Å². The van der Waals surface area contributed by atoms with Crippen LogP contribution in [0.5, 0.6) is 11.5 Å². The zero-order valence-electron chi connectivity index (χ0n) is 46.5. The lowest BCUT2D eigenvalue weighted by atomic mass is 9.66.